The predicted octanol–water partition coefficient (Wildman–Crippen LogP) is 3.46. The van der Waals surface area contributed by atoms with Crippen LogP contribution in [0.4, 0.5) is 23.7 Å². The minimum absolute atomic E-state index is 0.0419. The van der Waals surface area contributed by atoms with Crippen molar-refractivity contribution < 1.29 is 22.8 Å². The summed E-state index contributed by atoms with van der Waals surface area (Å²) in [4.78, 5) is 25.6. The summed E-state index contributed by atoms with van der Waals surface area (Å²) >= 11 is 0. The van der Waals surface area contributed by atoms with E-state index in [4.69, 9.17) is 0 Å². The van der Waals surface area contributed by atoms with Crippen molar-refractivity contribution in [1.29, 1.82) is 0 Å². The number of carbonyl (C=O) groups is 2. The molecular formula is C15H15F3N2O2. The number of rotatable bonds is 1. The first-order valence-electron chi connectivity index (χ1n) is 7.17. The van der Waals surface area contributed by atoms with Gasteiger partial charge in [0.2, 0.25) is 0 Å². The molecule has 1 aliphatic heterocycles. The molecule has 1 aromatic rings. The van der Waals surface area contributed by atoms with Crippen molar-refractivity contribution in [3.05, 3.63) is 29.8 Å². The summed E-state index contributed by atoms with van der Waals surface area (Å²) in [6.45, 7) is 0. The predicted molar refractivity (Wildman–Crippen MR) is 73.3 cm³/mol. The Balaban J connectivity index is 1.95. The summed E-state index contributed by atoms with van der Waals surface area (Å²) in [6, 6.07) is 3.64. The van der Waals surface area contributed by atoms with Gasteiger partial charge in [-0.15, -0.1) is 0 Å². The van der Waals surface area contributed by atoms with E-state index >= 15 is 0 Å². The Morgan fingerprint density at radius 1 is 1.09 bits per heavy atom. The third kappa shape index (κ3) is 2.34. The molecule has 1 spiro atoms. The van der Waals surface area contributed by atoms with E-state index in [0.29, 0.717) is 12.8 Å². The van der Waals surface area contributed by atoms with Crippen LogP contribution < -0.4 is 10.2 Å². The highest BCUT2D eigenvalue weighted by atomic mass is 19.4. The first-order valence-corrected chi connectivity index (χ1v) is 7.17. The van der Waals surface area contributed by atoms with Gasteiger partial charge in [0.15, 0.2) is 0 Å². The van der Waals surface area contributed by atoms with Crippen LogP contribution in [0.5, 0.6) is 0 Å². The van der Waals surface area contributed by atoms with Gasteiger partial charge in [0.25, 0.3) is 5.91 Å². The van der Waals surface area contributed by atoms with E-state index in [-0.39, 0.29) is 5.69 Å². The lowest BCUT2D eigenvalue weighted by atomic mass is 9.81. The van der Waals surface area contributed by atoms with E-state index in [1.165, 1.54) is 12.1 Å². The number of hydrogen-bond donors (Lipinski definition) is 1. The van der Waals surface area contributed by atoms with Crippen LogP contribution in [-0.4, -0.2) is 17.5 Å². The van der Waals surface area contributed by atoms with E-state index < -0.39 is 29.2 Å². The van der Waals surface area contributed by atoms with Crippen LogP contribution in [0.25, 0.3) is 0 Å². The van der Waals surface area contributed by atoms with Crippen LogP contribution in [0.1, 0.15) is 37.7 Å². The SMILES string of the molecule is O=C1NC2(CCCCC2)C(=O)N1c1cccc(C(F)(F)F)c1. The van der Waals surface area contributed by atoms with Crippen molar-refractivity contribution in [1.82, 2.24) is 5.32 Å². The maximum absolute atomic E-state index is 12.8. The van der Waals surface area contributed by atoms with Crippen LogP contribution in [-0.2, 0) is 11.0 Å². The number of alkyl halides is 3. The quantitative estimate of drug-likeness (QED) is 0.807. The molecule has 0 radical (unpaired) electrons. The van der Waals surface area contributed by atoms with Crippen molar-refractivity contribution in [2.24, 2.45) is 0 Å². The molecular weight excluding hydrogens is 297 g/mol. The molecule has 22 heavy (non-hydrogen) atoms. The second-order valence-corrected chi connectivity index (χ2v) is 5.76. The van der Waals surface area contributed by atoms with Crippen LogP contribution in [0.2, 0.25) is 0 Å². The molecule has 0 aromatic heterocycles. The lowest BCUT2D eigenvalue weighted by Crippen LogP contribution is -2.48. The third-order valence-corrected chi connectivity index (χ3v) is 4.30. The van der Waals surface area contributed by atoms with Crippen LogP contribution in [0.15, 0.2) is 24.3 Å². The summed E-state index contributed by atoms with van der Waals surface area (Å²) in [5, 5.41) is 2.68. The largest absolute Gasteiger partial charge is 0.416 e. The lowest BCUT2D eigenvalue weighted by Gasteiger charge is -2.30. The molecule has 1 saturated carbocycles. The molecule has 1 aromatic carbocycles. The van der Waals surface area contributed by atoms with Gasteiger partial charge in [0, 0.05) is 0 Å². The number of nitrogens with zero attached hydrogens (tertiary/aromatic N) is 1. The van der Waals surface area contributed by atoms with Gasteiger partial charge >= 0.3 is 12.2 Å². The van der Waals surface area contributed by atoms with Crippen molar-refractivity contribution in [3.8, 4) is 0 Å². The number of urea groups is 1. The highest BCUT2D eigenvalue weighted by molar-refractivity contribution is 6.23. The molecule has 1 aliphatic carbocycles. The zero-order chi connectivity index (χ0) is 16.0. The minimum atomic E-state index is -4.52. The van der Waals surface area contributed by atoms with Crippen molar-refractivity contribution in [3.63, 3.8) is 0 Å². The first-order chi connectivity index (χ1) is 10.3. The Morgan fingerprint density at radius 2 is 1.77 bits per heavy atom. The van der Waals surface area contributed by atoms with E-state index in [0.717, 1.165) is 36.3 Å². The monoisotopic (exact) mass is 312 g/mol. The summed E-state index contributed by atoms with van der Waals surface area (Å²) in [5.41, 5.74) is -1.86. The summed E-state index contributed by atoms with van der Waals surface area (Å²) in [5.74, 6) is -0.448. The van der Waals surface area contributed by atoms with E-state index in [1.807, 2.05) is 0 Å². The molecule has 7 heteroatoms. The van der Waals surface area contributed by atoms with Gasteiger partial charge in [-0.3, -0.25) is 4.79 Å². The van der Waals surface area contributed by atoms with Gasteiger partial charge in [0.1, 0.15) is 5.54 Å². The topological polar surface area (TPSA) is 49.4 Å². The van der Waals surface area contributed by atoms with E-state index in [1.54, 1.807) is 0 Å². The Bertz CT molecular complexity index is 621. The first kappa shape index (κ1) is 14.9. The zero-order valence-electron chi connectivity index (χ0n) is 11.7. The number of anilines is 1. The second-order valence-electron chi connectivity index (χ2n) is 5.76. The number of carbonyl (C=O) groups excluding carboxylic acids is 2. The van der Waals surface area contributed by atoms with Gasteiger partial charge in [-0.05, 0) is 31.0 Å². The third-order valence-electron chi connectivity index (χ3n) is 4.30. The Morgan fingerprint density at radius 3 is 2.41 bits per heavy atom. The van der Waals surface area contributed by atoms with Gasteiger partial charge in [-0.2, -0.15) is 13.2 Å². The molecule has 3 amide bonds. The smallest absolute Gasteiger partial charge is 0.323 e. The molecule has 2 fully saturated rings. The number of amides is 3. The molecule has 3 rings (SSSR count). The normalized spacial score (nSPS) is 21.3. The molecule has 118 valence electrons. The zero-order valence-corrected chi connectivity index (χ0v) is 11.7. The summed E-state index contributed by atoms with van der Waals surface area (Å²) in [6.07, 6.45) is -0.808. The van der Waals surface area contributed by atoms with E-state index in [2.05, 4.69) is 5.32 Å². The van der Waals surface area contributed by atoms with Crippen molar-refractivity contribution in [2.45, 2.75) is 43.8 Å². The van der Waals surface area contributed by atoms with Gasteiger partial charge < -0.3 is 5.32 Å². The van der Waals surface area contributed by atoms with Crippen LogP contribution >= 0.6 is 0 Å². The Kier molecular flexibility index (Phi) is 3.38. The fourth-order valence-electron chi connectivity index (χ4n) is 3.17. The fraction of sp³-hybridized carbons (Fsp3) is 0.467. The maximum atomic E-state index is 12.8. The van der Waals surface area contributed by atoms with Gasteiger partial charge in [0.05, 0.1) is 11.3 Å². The fourth-order valence-corrected chi connectivity index (χ4v) is 3.17. The highest BCUT2D eigenvalue weighted by Gasteiger charge is 2.52. The number of benzene rings is 1. The number of hydrogen-bond acceptors (Lipinski definition) is 2. The summed E-state index contributed by atoms with van der Waals surface area (Å²) in [7, 11) is 0. The van der Waals surface area contributed by atoms with Gasteiger partial charge in [-0.25, -0.2) is 9.69 Å². The van der Waals surface area contributed by atoms with Crippen LogP contribution in [0, 0.1) is 0 Å². The molecule has 2 aliphatic rings. The molecule has 0 unspecified atom stereocenters. The lowest BCUT2D eigenvalue weighted by molar-refractivity contribution is -0.137. The maximum Gasteiger partial charge on any atom is 0.416 e. The highest BCUT2D eigenvalue weighted by Crippen LogP contribution is 2.37. The Labute approximate surface area is 125 Å². The average Bonchev–Trinajstić information content (AvgIpc) is 2.70. The molecule has 4 nitrogen and oxygen atoms in total. The number of halogens is 3. The van der Waals surface area contributed by atoms with E-state index in [9.17, 15) is 22.8 Å². The molecule has 1 saturated heterocycles. The molecule has 1 N–H and O–H groups in total. The average molecular weight is 312 g/mol. The van der Waals surface area contributed by atoms with Crippen LogP contribution in [0.3, 0.4) is 0 Å². The summed E-state index contributed by atoms with van der Waals surface area (Å²) < 4.78 is 38.4. The standard InChI is InChI=1S/C15H15F3N2O2/c16-15(17,18)10-5-4-6-11(9-10)20-12(21)14(19-13(20)22)7-2-1-3-8-14/h4-6,9H,1-3,7-8H2,(H,19,22). The minimum Gasteiger partial charge on any atom is -0.323 e. The number of nitrogens with one attached hydrogen (secondary N) is 1. The molecule has 1 heterocycles. The number of imide groups is 1. The molecule has 0 atom stereocenters. The van der Waals surface area contributed by atoms with Crippen molar-refractivity contribution in [2.75, 3.05) is 4.90 Å². The van der Waals surface area contributed by atoms with Crippen molar-refractivity contribution >= 4 is 17.6 Å². The second kappa shape index (κ2) is 5.00. The van der Waals surface area contributed by atoms with Gasteiger partial charge in [-0.1, -0.05) is 25.3 Å². The molecule has 0 bridgehead atoms. The Hall–Kier alpha value is -2.05.